The van der Waals surface area contributed by atoms with Crippen molar-refractivity contribution in [3.8, 4) is 6.07 Å². The third-order valence-corrected chi connectivity index (χ3v) is 8.18. The van der Waals surface area contributed by atoms with Gasteiger partial charge in [-0.1, -0.05) is 0 Å². The van der Waals surface area contributed by atoms with E-state index in [0.717, 1.165) is 9.21 Å². The Hall–Kier alpha value is -3.96. The Morgan fingerprint density at radius 1 is 1.36 bits per heavy atom. The summed E-state index contributed by atoms with van der Waals surface area (Å²) < 4.78 is 42.6. The van der Waals surface area contributed by atoms with Crippen molar-refractivity contribution in [2.24, 2.45) is 0 Å². The molecule has 36 heavy (non-hydrogen) atoms. The summed E-state index contributed by atoms with van der Waals surface area (Å²) in [5.74, 6) is 0.0836. The first-order valence-electron chi connectivity index (χ1n) is 10.9. The number of rotatable bonds is 6. The number of benzene rings is 1. The smallest absolute Gasteiger partial charge is 0.407 e. The van der Waals surface area contributed by atoms with Crippen LogP contribution in [0.2, 0.25) is 0 Å². The first kappa shape index (κ1) is 25.1. The van der Waals surface area contributed by atoms with Crippen molar-refractivity contribution in [1.29, 1.82) is 5.26 Å². The standard InChI is InChI=1S/C22H24FN7O5S/c1-28(2)36(34,35)15-5-3-14(4-6-15)26-19-18-16(7-11-25-20(18)31)30(27-19)22(8-10-24)9-12-29(21(32)33)13-17(22)23/h3-7,11,17H,8-9,12-13H2,1-2H3,(H,25,31)(H,26,27)(H,32,33)/t17-,22+/m1/s1. The number of nitrogens with one attached hydrogen (secondary N) is 2. The second kappa shape index (κ2) is 9.25. The summed E-state index contributed by atoms with van der Waals surface area (Å²) in [5.41, 5.74) is -1.29. The number of fused-ring (bicyclic) bond motifs is 1. The second-order valence-electron chi connectivity index (χ2n) is 8.65. The van der Waals surface area contributed by atoms with Crippen molar-refractivity contribution >= 4 is 38.5 Å². The molecule has 0 unspecified atom stereocenters. The van der Waals surface area contributed by atoms with Gasteiger partial charge in [-0.15, -0.1) is 0 Å². The number of hydrogen-bond acceptors (Lipinski definition) is 7. The number of halogens is 1. The van der Waals surface area contributed by atoms with Crippen LogP contribution in [0.4, 0.5) is 20.7 Å². The molecule has 3 aromatic rings. The van der Waals surface area contributed by atoms with Crippen LogP contribution in [-0.2, 0) is 15.6 Å². The Morgan fingerprint density at radius 3 is 2.64 bits per heavy atom. The first-order valence-corrected chi connectivity index (χ1v) is 12.3. The quantitative estimate of drug-likeness (QED) is 0.447. The van der Waals surface area contributed by atoms with Crippen LogP contribution in [0.1, 0.15) is 12.8 Å². The lowest BCUT2D eigenvalue weighted by molar-refractivity contribution is 0.0170. The lowest BCUT2D eigenvalue weighted by atomic mass is 9.83. The molecular formula is C22H24FN7O5S. The molecule has 0 aliphatic carbocycles. The van der Waals surface area contributed by atoms with E-state index < -0.39 is 39.9 Å². The number of nitriles is 1. The number of anilines is 2. The minimum Gasteiger partial charge on any atom is -0.465 e. The van der Waals surface area contributed by atoms with Gasteiger partial charge in [0.15, 0.2) is 5.82 Å². The first-order chi connectivity index (χ1) is 17.0. The average molecular weight is 518 g/mol. The molecule has 2 aromatic heterocycles. The minimum atomic E-state index is -3.64. The van der Waals surface area contributed by atoms with Gasteiger partial charge in [0, 0.05) is 32.5 Å². The molecule has 1 aliphatic rings. The predicted molar refractivity (Wildman–Crippen MR) is 128 cm³/mol. The van der Waals surface area contributed by atoms with Crippen LogP contribution in [-0.4, -0.2) is 76.9 Å². The van der Waals surface area contributed by atoms with E-state index in [9.17, 15) is 28.4 Å². The van der Waals surface area contributed by atoms with Crippen molar-refractivity contribution in [2.75, 3.05) is 32.5 Å². The highest BCUT2D eigenvalue weighted by molar-refractivity contribution is 7.89. The van der Waals surface area contributed by atoms with Crippen molar-refractivity contribution in [1.82, 2.24) is 24.0 Å². The molecule has 0 saturated carbocycles. The maximum absolute atomic E-state index is 15.6. The molecule has 0 radical (unpaired) electrons. The third kappa shape index (κ3) is 4.16. The molecule has 4 rings (SSSR count). The molecule has 190 valence electrons. The number of H-pyrrole nitrogens is 1. The van der Waals surface area contributed by atoms with Gasteiger partial charge in [0.2, 0.25) is 10.0 Å². The van der Waals surface area contributed by atoms with E-state index in [0.29, 0.717) is 5.69 Å². The van der Waals surface area contributed by atoms with Gasteiger partial charge in [-0.2, -0.15) is 10.4 Å². The Balaban J connectivity index is 1.79. The van der Waals surface area contributed by atoms with Crippen molar-refractivity contribution in [3.05, 3.63) is 46.9 Å². The predicted octanol–water partition coefficient (Wildman–Crippen LogP) is 2.05. The van der Waals surface area contributed by atoms with Gasteiger partial charge < -0.3 is 20.3 Å². The zero-order chi connectivity index (χ0) is 26.3. The molecule has 12 nitrogen and oxygen atoms in total. The van der Waals surface area contributed by atoms with E-state index in [-0.39, 0.29) is 41.0 Å². The zero-order valence-corrected chi connectivity index (χ0v) is 20.3. The van der Waals surface area contributed by atoms with E-state index in [1.54, 1.807) is 0 Å². The third-order valence-electron chi connectivity index (χ3n) is 6.36. The van der Waals surface area contributed by atoms with Gasteiger partial charge in [0.25, 0.3) is 5.56 Å². The fraction of sp³-hybridized carbons (Fsp3) is 0.364. The number of hydrogen-bond donors (Lipinski definition) is 3. The molecule has 3 N–H and O–H groups in total. The fourth-order valence-corrected chi connectivity index (χ4v) is 5.23. The highest BCUT2D eigenvalue weighted by Gasteiger charge is 2.48. The molecule has 1 aromatic carbocycles. The molecule has 14 heteroatoms. The summed E-state index contributed by atoms with van der Waals surface area (Å²) in [7, 11) is -0.798. The molecule has 0 bridgehead atoms. The van der Waals surface area contributed by atoms with Gasteiger partial charge in [-0.25, -0.2) is 21.9 Å². The van der Waals surface area contributed by atoms with Crippen LogP contribution in [0.25, 0.3) is 10.9 Å². The number of pyridine rings is 1. The number of aromatic nitrogens is 3. The van der Waals surface area contributed by atoms with Gasteiger partial charge in [-0.05, 0) is 36.8 Å². The fourth-order valence-electron chi connectivity index (χ4n) is 4.33. The topological polar surface area (TPSA) is 164 Å². The number of aromatic amines is 1. The Kier molecular flexibility index (Phi) is 6.46. The lowest BCUT2D eigenvalue weighted by Gasteiger charge is -2.42. The Labute approximate surface area is 205 Å². The van der Waals surface area contributed by atoms with Crippen LogP contribution in [0.15, 0.2) is 46.2 Å². The normalized spacial score (nSPS) is 20.4. The van der Waals surface area contributed by atoms with Crippen LogP contribution in [0.5, 0.6) is 0 Å². The maximum atomic E-state index is 15.6. The van der Waals surface area contributed by atoms with Crippen molar-refractivity contribution < 1.29 is 22.7 Å². The van der Waals surface area contributed by atoms with E-state index in [4.69, 9.17) is 0 Å². The van der Waals surface area contributed by atoms with Crippen LogP contribution in [0.3, 0.4) is 0 Å². The molecule has 2 atom stereocenters. The Morgan fingerprint density at radius 2 is 2.06 bits per heavy atom. The van der Waals surface area contributed by atoms with E-state index in [1.165, 1.54) is 55.3 Å². The van der Waals surface area contributed by atoms with Crippen LogP contribution in [0, 0.1) is 11.3 Å². The molecule has 1 fully saturated rings. The van der Waals surface area contributed by atoms with Gasteiger partial charge >= 0.3 is 6.09 Å². The summed E-state index contributed by atoms with van der Waals surface area (Å²) in [4.78, 5) is 27.7. The monoisotopic (exact) mass is 517 g/mol. The minimum absolute atomic E-state index is 0.00739. The summed E-state index contributed by atoms with van der Waals surface area (Å²) in [6.07, 6.45) is -1.94. The average Bonchev–Trinajstić information content (AvgIpc) is 3.20. The van der Waals surface area contributed by atoms with Crippen LogP contribution >= 0.6 is 0 Å². The van der Waals surface area contributed by atoms with Gasteiger partial charge in [0.05, 0.1) is 29.4 Å². The number of carboxylic acid groups (broad SMARTS) is 1. The number of sulfonamides is 1. The number of alkyl halides is 1. The maximum Gasteiger partial charge on any atom is 0.407 e. The molecule has 1 amide bonds. The molecule has 0 spiro atoms. The largest absolute Gasteiger partial charge is 0.465 e. The number of carbonyl (C=O) groups is 1. The summed E-state index contributed by atoms with van der Waals surface area (Å²) in [6.45, 7) is -0.446. The number of likely N-dealkylation sites (tertiary alicyclic amines) is 1. The van der Waals surface area contributed by atoms with Gasteiger partial charge in [-0.3, -0.25) is 9.48 Å². The van der Waals surface area contributed by atoms with Gasteiger partial charge in [0.1, 0.15) is 17.1 Å². The summed E-state index contributed by atoms with van der Waals surface area (Å²) in [5, 5.41) is 26.4. The zero-order valence-electron chi connectivity index (χ0n) is 19.5. The number of nitrogens with zero attached hydrogens (tertiary/aromatic N) is 5. The Bertz CT molecular complexity index is 1510. The highest BCUT2D eigenvalue weighted by atomic mass is 32.2. The van der Waals surface area contributed by atoms with Crippen LogP contribution < -0.4 is 10.9 Å². The molecule has 1 saturated heterocycles. The van der Waals surface area contributed by atoms with E-state index in [1.807, 2.05) is 6.07 Å². The summed E-state index contributed by atoms with van der Waals surface area (Å²) >= 11 is 0. The number of amides is 1. The number of piperidine rings is 1. The SMILES string of the molecule is CN(C)S(=O)(=O)c1ccc(Nc2nn([C@@]3(CC#N)CCN(C(=O)O)C[C@H]3F)c3cc[nH]c(=O)c23)cc1. The second-order valence-corrected chi connectivity index (χ2v) is 10.8. The summed E-state index contributed by atoms with van der Waals surface area (Å²) in [6, 6.07) is 9.34. The highest BCUT2D eigenvalue weighted by Crippen LogP contribution is 2.39. The molecular weight excluding hydrogens is 493 g/mol. The van der Waals surface area contributed by atoms with Crippen molar-refractivity contribution in [3.63, 3.8) is 0 Å². The lowest BCUT2D eigenvalue weighted by Crippen LogP contribution is -2.56. The van der Waals surface area contributed by atoms with Crippen molar-refractivity contribution in [2.45, 2.75) is 29.4 Å². The molecule has 1 aliphatic heterocycles. The molecule has 3 heterocycles. The van der Waals surface area contributed by atoms with E-state index in [2.05, 4.69) is 15.4 Å². The van der Waals surface area contributed by atoms with E-state index >= 15 is 4.39 Å².